The predicted octanol–water partition coefficient (Wildman–Crippen LogP) is 7.20. The fraction of sp³-hybridized carbons (Fsp3) is 0.0938. The van der Waals surface area contributed by atoms with Crippen molar-refractivity contribution in [1.82, 2.24) is 5.32 Å². The maximum atomic E-state index is 13.6. The van der Waals surface area contributed by atoms with Crippen molar-refractivity contribution in [3.8, 4) is 6.07 Å². The largest absolute Gasteiger partial charge is 0.353 e. The van der Waals surface area contributed by atoms with Crippen LogP contribution in [0.1, 0.15) is 18.4 Å². The number of rotatable bonds is 7. The fourth-order valence-corrected chi connectivity index (χ4v) is 5.86. The second-order valence-corrected chi connectivity index (χ2v) is 10.5. The van der Waals surface area contributed by atoms with Crippen LogP contribution in [0.4, 0.5) is 11.4 Å². The summed E-state index contributed by atoms with van der Waals surface area (Å²) >= 11 is 7.81. The van der Waals surface area contributed by atoms with Gasteiger partial charge in [-0.25, -0.2) is 0 Å². The lowest BCUT2D eigenvalue weighted by molar-refractivity contribution is -0.114. The predicted molar refractivity (Wildman–Crippen MR) is 163 cm³/mol. The number of carbonyl (C=O) groups is 2. The Morgan fingerprint density at radius 1 is 0.925 bits per heavy atom. The lowest BCUT2D eigenvalue weighted by Gasteiger charge is -2.30. The van der Waals surface area contributed by atoms with E-state index in [0.717, 1.165) is 16.5 Å². The molecule has 0 aliphatic carbocycles. The molecule has 1 atom stereocenters. The van der Waals surface area contributed by atoms with E-state index in [-0.39, 0.29) is 17.6 Å². The molecule has 0 saturated heterocycles. The highest BCUT2D eigenvalue weighted by molar-refractivity contribution is 8.03. The van der Waals surface area contributed by atoms with Crippen molar-refractivity contribution >= 4 is 57.3 Å². The van der Waals surface area contributed by atoms with Gasteiger partial charge in [0.15, 0.2) is 0 Å². The van der Waals surface area contributed by atoms with Crippen LogP contribution in [-0.4, -0.2) is 17.6 Å². The minimum atomic E-state index is -0.715. The van der Waals surface area contributed by atoms with E-state index in [1.807, 2.05) is 72.8 Å². The molecule has 4 aromatic rings. The molecule has 1 aliphatic heterocycles. The Morgan fingerprint density at radius 3 is 2.40 bits per heavy atom. The number of anilines is 2. The summed E-state index contributed by atoms with van der Waals surface area (Å²) in [5, 5.41) is 22.4. The van der Waals surface area contributed by atoms with Gasteiger partial charge < -0.3 is 16.0 Å². The first-order valence-electron chi connectivity index (χ1n) is 12.6. The second-order valence-electron chi connectivity index (χ2n) is 9.16. The molecule has 4 aromatic carbocycles. The van der Waals surface area contributed by atoms with Crippen molar-refractivity contribution < 1.29 is 9.59 Å². The van der Waals surface area contributed by atoms with Crippen molar-refractivity contribution in [3.05, 3.63) is 130 Å². The molecule has 0 unspecified atom stereocenters. The molecule has 198 valence electrons. The van der Waals surface area contributed by atoms with Gasteiger partial charge in [-0.1, -0.05) is 96.2 Å². The van der Waals surface area contributed by atoms with Gasteiger partial charge in [-0.05, 0) is 42.1 Å². The van der Waals surface area contributed by atoms with Crippen LogP contribution in [0.3, 0.4) is 0 Å². The van der Waals surface area contributed by atoms with Crippen LogP contribution in [0.25, 0.3) is 10.8 Å². The Hall–Kier alpha value is -4.51. The standard InChI is InChI=1S/C32H25ClN4O2S/c1-20-29(31(39)36-22-12-3-2-4-13-22)30(24-15-7-8-16-26(24)33)25(18-34)32(35-20)40-19-28(38)37-27-17-9-11-21-10-5-6-14-23(21)27/h2-17,30,35H,19H2,1H3,(H,36,39)(H,37,38)/t30-/m1/s1. The molecule has 1 aliphatic rings. The van der Waals surface area contributed by atoms with Crippen LogP contribution in [-0.2, 0) is 9.59 Å². The van der Waals surface area contributed by atoms with Gasteiger partial charge in [0, 0.05) is 33.1 Å². The minimum absolute atomic E-state index is 0.0603. The van der Waals surface area contributed by atoms with Crippen LogP contribution in [0.15, 0.2) is 119 Å². The number of carbonyl (C=O) groups excluding carboxylic acids is 2. The molecule has 5 rings (SSSR count). The van der Waals surface area contributed by atoms with E-state index in [0.29, 0.717) is 38.1 Å². The Bertz CT molecular complexity index is 1700. The maximum Gasteiger partial charge on any atom is 0.254 e. The van der Waals surface area contributed by atoms with E-state index in [1.165, 1.54) is 11.8 Å². The summed E-state index contributed by atoms with van der Waals surface area (Å²) in [6.45, 7) is 1.79. The number of benzene rings is 4. The van der Waals surface area contributed by atoms with Gasteiger partial charge in [-0.15, -0.1) is 0 Å². The number of halogens is 1. The zero-order chi connectivity index (χ0) is 28.1. The molecular weight excluding hydrogens is 540 g/mol. The molecule has 0 fully saturated rings. The van der Waals surface area contributed by atoms with Gasteiger partial charge in [0.05, 0.1) is 28.3 Å². The van der Waals surface area contributed by atoms with Gasteiger partial charge in [0.25, 0.3) is 5.91 Å². The normalized spacial score (nSPS) is 14.9. The van der Waals surface area contributed by atoms with E-state index >= 15 is 0 Å². The van der Waals surface area contributed by atoms with Gasteiger partial charge in [-0.3, -0.25) is 9.59 Å². The molecule has 2 amide bonds. The Morgan fingerprint density at radius 2 is 1.62 bits per heavy atom. The molecule has 1 heterocycles. The first kappa shape index (κ1) is 27.1. The molecule has 40 heavy (non-hydrogen) atoms. The number of allylic oxidation sites excluding steroid dienone is 2. The molecule has 0 aromatic heterocycles. The Labute approximate surface area is 241 Å². The van der Waals surface area contributed by atoms with Crippen LogP contribution in [0.5, 0.6) is 0 Å². The average Bonchev–Trinajstić information content (AvgIpc) is 2.96. The summed E-state index contributed by atoms with van der Waals surface area (Å²) in [7, 11) is 0. The van der Waals surface area contributed by atoms with Gasteiger partial charge in [-0.2, -0.15) is 5.26 Å². The summed E-state index contributed by atoms with van der Waals surface area (Å²) in [6, 6.07) is 32.2. The number of hydrogen-bond acceptors (Lipinski definition) is 5. The smallest absolute Gasteiger partial charge is 0.254 e. The number of para-hydroxylation sites is 1. The van der Waals surface area contributed by atoms with Crippen molar-refractivity contribution in [3.63, 3.8) is 0 Å². The van der Waals surface area contributed by atoms with Gasteiger partial charge >= 0.3 is 0 Å². The lowest BCUT2D eigenvalue weighted by atomic mass is 9.82. The monoisotopic (exact) mass is 564 g/mol. The number of amides is 2. The van der Waals surface area contributed by atoms with Crippen molar-refractivity contribution in [2.45, 2.75) is 12.8 Å². The van der Waals surface area contributed by atoms with Crippen molar-refractivity contribution in [2.75, 3.05) is 16.4 Å². The number of hydrogen-bond donors (Lipinski definition) is 3. The SMILES string of the molecule is CC1=C(C(=O)Nc2ccccc2)[C@H](c2ccccc2Cl)C(C#N)=C(SCC(=O)Nc2cccc3ccccc23)N1. The zero-order valence-electron chi connectivity index (χ0n) is 21.6. The zero-order valence-corrected chi connectivity index (χ0v) is 23.1. The highest BCUT2D eigenvalue weighted by Gasteiger charge is 2.36. The first-order valence-corrected chi connectivity index (χ1v) is 14.0. The molecule has 6 nitrogen and oxygen atoms in total. The summed E-state index contributed by atoms with van der Waals surface area (Å²) in [5.41, 5.74) is 3.28. The quantitative estimate of drug-likeness (QED) is 0.221. The van der Waals surface area contributed by atoms with E-state index in [9.17, 15) is 14.9 Å². The third kappa shape index (κ3) is 5.74. The maximum absolute atomic E-state index is 13.6. The van der Waals surface area contributed by atoms with Crippen molar-refractivity contribution in [1.29, 1.82) is 5.26 Å². The number of thioether (sulfide) groups is 1. The molecule has 0 saturated carbocycles. The van der Waals surface area contributed by atoms with Crippen LogP contribution < -0.4 is 16.0 Å². The minimum Gasteiger partial charge on any atom is -0.353 e. The van der Waals surface area contributed by atoms with Gasteiger partial charge in [0.2, 0.25) is 5.91 Å². The highest BCUT2D eigenvalue weighted by atomic mass is 35.5. The third-order valence-corrected chi connectivity index (χ3v) is 7.91. The highest BCUT2D eigenvalue weighted by Crippen LogP contribution is 2.43. The third-order valence-electron chi connectivity index (χ3n) is 6.55. The van der Waals surface area contributed by atoms with Crippen LogP contribution >= 0.6 is 23.4 Å². The fourth-order valence-electron chi connectivity index (χ4n) is 4.73. The van der Waals surface area contributed by atoms with Crippen LogP contribution in [0.2, 0.25) is 5.02 Å². The molecule has 3 N–H and O–H groups in total. The summed E-state index contributed by atoms with van der Waals surface area (Å²) in [5.74, 6) is -1.21. The summed E-state index contributed by atoms with van der Waals surface area (Å²) in [4.78, 5) is 26.6. The molecule has 0 bridgehead atoms. The number of fused-ring (bicyclic) bond motifs is 1. The van der Waals surface area contributed by atoms with Crippen LogP contribution in [0, 0.1) is 11.3 Å². The van der Waals surface area contributed by atoms with E-state index in [1.54, 1.807) is 31.2 Å². The molecule has 8 heteroatoms. The van der Waals surface area contributed by atoms with Gasteiger partial charge in [0.1, 0.15) is 0 Å². The number of nitrogens with one attached hydrogen (secondary N) is 3. The molecule has 0 spiro atoms. The Kier molecular flexibility index (Phi) is 8.20. The topological polar surface area (TPSA) is 94.0 Å². The van der Waals surface area contributed by atoms with Crippen molar-refractivity contribution in [2.24, 2.45) is 0 Å². The van der Waals surface area contributed by atoms with E-state index < -0.39 is 5.92 Å². The average molecular weight is 565 g/mol. The molecular formula is C32H25ClN4O2S. The number of dihydropyridines is 1. The number of nitrogens with zero attached hydrogens (tertiary/aromatic N) is 1. The lowest BCUT2D eigenvalue weighted by Crippen LogP contribution is -2.31. The number of nitriles is 1. The molecule has 0 radical (unpaired) electrons. The first-order chi connectivity index (χ1) is 19.5. The Balaban J connectivity index is 1.43. The summed E-state index contributed by atoms with van der Waals surface area (Å²) < 4.78 is 0. The second kappa shape index (κ2) is 12.1. The van der Waals surface area contributed by atoms with E-state index in [4.69, 9.17) is 11.6 Å². The summed E-state index contributed by atoms with van der Waals surface area (Å²) in [6.07, 6.45) is 0. The van der Waals surface area contributed by atoms with E-state index in [2.05, 4.69) is 22.0 Å².